The SMILES string of the molecule is O=C1S/C(=C/c2ccc(Sc3ccc(Cl)cc3)s2)C(=O)N1c1ccc(Cl)cc1. The number of hydrogen-bond acceptors (Lipinski definition) is 5. The van der Waals surface area contributed by atoms with Crippen molar-refractivity contribution < 1.29 is 9.59 Å². The molecule has 8 heteroatoms. The molecule has 1 aliphatic rings. The van der Waals surface area contributed by atoms with E-state index < -0.39 is 0 Å². The first kappa shape index (κ1) is 19.6. The Balaban J connectivity index is 1.52. The van der Waals surface area contributed by atoms with Crippen LogP contribution in [0.1, 0.15) is 4.88 Å². The molecule has 1 saturated heterocycles. The average Bonchev–Trinajstić information content (AvgIpc) is 3.22. The lowest BCUT2D eigenvalue weighted by atomic mass is 10.3. The van der Waals surface area contributed by atoms with Crippen LogP contribution in [0.5, 0.6) is 0 Å². The number of thiophene rings is 1. The standard InChI is InChI=1S/C20H11Cl2NO2S3/c21-12-1-5-14(6-2-12)23-19(24)17(28-20(23)25)11-16-9-10-18(27-16)26-15-7-3-13(22)4-8-15/h1-11H/b17-11+. The lowest BCUT2D eigenvalue weighted by Gasteiger charge is -2.11. The van der Waals surface area contributed by atoms with Gasteiger partial charge in [-0.15, -0.1) is 11.3 Å². The molecule has 0 atom stereocenters. The van der Waals surface area contributed by atoms with Crippen molar-refractivity contribution in [2.24, 2.45) is 0 Å². The van der Waals surface area contributed by atoms with Crippen molar-refractivity contribution in [3.05, 3.63) is 80.5 Å². The predicted molar refractivity (Wildman–Crippen MR) is 120 cm³/mol. The zero-order chi connectivity index (χ0) is 19.7. The molecule has 1 aliphatic heterocycles. The molecule has 0 radical (unpaired) electrons. The van der Waals surface area contributed by atoms with Crippen molar-refractivity contribution >= 4 is 81.0 Å². The maximum Gasteiger partial charge on any atom is 0.298 e. The minimum atomic E-state index is -0.322. The van der Waals surface area contributed by atoms with Gasteiger partial charge in [-0.05, 0) is 78.5 Å². The monoisotopic (exact) mass is 463 g/mol. The molecule has 1 aromatic heterocycles. The van der Waals surface area contributed by atoms with E-state index in [2.05, 4.69) is 0 Å². The zero-order valence-electron chi connectivity index (χ0n) is 14.1. The van der Waals surface area contributed by atoms with E-state index in [9.17, 15) is 9.59 Å². The van der Waals surface area contributed by atoms with Gasteiger partial charge in [-0.2, -0.15) is 0 Å². The van der Waals surface area contributed by atoms with Crippen molar-refractivity contribution in [3.63, 3.8) is 0 Å². The molecule has 1 fully saturated rings. The van der Waals surface area contributed by atoms with E-state index >= 15 is 0 Å². The molecule has 0 unspecified atom stereocenters. The lowest BCUT2D eigenvalue weighted by Crippen LogP contribution is -2.27. The van der Waals surface area contributed by atoms with Gasteiger partial charge in [0.15, 0.2) is 0 Å². The Kier molecular flexibility index (Phi) is 5.85. The van der Waals surface area contributed by atoms with Crippen molar-refractivity contribution in [1.29, 1.82) is 0 Å². The number of nitrogens with zero attached hydrogens (tertiary/aromatic N) is 1. The van der Waals surface area contributed by atoms with Crippen LogP contribution in [0.3, 0.4) is 0 Å². The van der Waals surface area contributed by atoms with Gasteiger partial charge in [-0.3, -0.25) is 9.59 Å². The fourth-order valence-corrected chi connectivity index (χ4v) is 5.72. The summed E-state index contributed by atoms with van der Waals surface area (Å²) in [5.41, 5.74) is 0.514. The van der Waals surface area contributed by atoms with Crippen LogP contribution in [0.4, 0.5) is 10.5 Å². The number of carbonyl (C=O) groups excluding carboxylic acids is 2. The number of carbonyl (C=O) groups is 2. The highest BCUT2D eigenvalue weighted by atomic mass is 35.5. The normalized spacial score (nSPS) is 15.6. The number of rotatable bonds is 4. The van der Waals surface area contributed by atoms with Gasteiger partial charge in [0.05, 0.1) is 14.8 Å². The van der Waals surface area contributed by atoms with Crippen LogP contribution in [0, 0.1) is 0 Å². The summed E-state index contributed by atoms with van der Waals surface area (Å²) < 4.78 is 1.09. The number of halogens is 2. The van der Waals surface area contributed by atoms with Crippen LogP contribution >= 0.6 is 58.1 Å². The second-order valence-corrected chi connectivity index (χ2v) is 10.1. The Hall–Kier alpha value is -1.70. The molecule has 28 heavy (non-hydrogen) atoms. The fraction of sp³-hybridized carbons (Fsp3) is 0. The Morgan fingerprint density at radius 2 is 1.50 bits per heavy atom. The third kappa shape index (κ3) is 4.31. The maximum absolute atomic E-state index is 12.7. The van der Waals surface area contributed by atoms with E-state index in [1.54, 1.807) is 53.4 Å². The van der Waals surface area contributed by atoms with Crippen molar-refractivity contribution in [2.45, 2.75) is 9.10 Å². The van der Waals surface area contributed by atoms with E-state index in [-0.39, 0.29) is 11.1 Å². The van der Waals surface area contributed by atoms with Crippen molar-refractivity contribution in [2.75, 3.05) is 4.90 Å². The van der Waals surface area contributed by atoms with Crippen LogP contribution in [0.15, 0.2) is 74.7 Å². The molecule has 0 bridgehead atoms. The molecule has 3 nitrogen and oxygen atoms in total. The van der Waals surface area contributed by atoms with Crippen LogP contribution < -0.4 is 4.90 Å². The topological polar surface area (TPSA) is 37.4 Å². The third-order valence-corrected chi connectivity index (χ3v) is 7.33. The number of amides is 2. The number of hydrogen-bond donors (Lipinski definition) is 0. The summed E-state index contributed by atoms with van der Waals surface area (Å²) in [6, 6.07) is 18.2. The summed E-state index contributed by atoms with van der Waals surface area (Å²) in [6.07, 6.45) is 1.76. The number of anilines is 1. The first-order valence-corrected chi connectivity index (χ1v) is 11.3. The second kappa shape index (κ2) is 8.35. The molecule has 2 amide bonds. The summed E-state index contributed by atoms with van der Waals surface area (Å²) in [5.74, 6) is -0.322. The summed E-state index contributed by atoms with van der Waals surface area (Å²) in [7, 11) is 0. The molecule has 140 valence electrons. The molecule has 2 heterocycles. The van der Waals surface area contributed by atoms with Crippen molar-refractivity contribution in [3.8, 4) is 0 Å². The number of benzene rings is 2. The summed E-state index contributed by atoms with van der Waals surface area (Å²) in [6.45, 7) is 0. The van der Waals surface area contributed by atoms with Gasteiger partial charge < -0.3 is 0 Å². The quantitative estimate of drug-likeness (QED) is 0.376. The Morgan fingerprint density at radius 1 is 0.857 bits per heavy atom. The smallest absolute Gasteiger partial charge is 0.268 e. The van der Waals surface area contributed by atoms with E-state index in [0.29, 0.717) is 20.6 Å². The van der Waals surface area contributed by atoms with Gasteiger partial charge in [-0.25, -0.2) is 4.90 Å². The van der Waals surface area contributed by atoms with Gasteiger partial charge in [0, 0.05) is 19.8 Å². The molecular formula is C20H11Cl2NO2S3. The average molecular weight is 464 g/mol. The summed E-state index contributed by atoms with van der Waals surface area (Å²) in [5, 5.41) is 0.939. The van der Waals surface area contributed by atoms with Gasteiger partial charge in [0.1, 0.15) is 0 Å². The second-order valence-electron chi connectivity index (χ2n) is 5.71. The van der Waals surface area contributed by atoms with E-state index in [1.807, 2.05) is 36.4 Å². The Bertz CT molecular complexity index is 1080. The first-order valence-electron chi connectivity index (χ1n) is 8.06. The molecule has 0 spiro atoms. The van der Waals surface area contributed by atoms with Gasteiger partial charge in [-0.1, -0.05) is 35.0 Å². The van der Waals surface area contributed by atoms with Crippen LogP contribution in [-0.4, -0.2) is 11.1 Å². The molecule has 3 aromatic rings. The van der Waals surface area contributed by atoms with Crippen LogP contribution in [0.25, 0.3) is 6.08 Å². The Morgan fingerprint density at radius 3 is 2.18 bits per heavy atom. The third-order valence-electron chi connectivity index (χ3n) is 3.79. The highest BCUT2D eigenvalue weighted by molar-refractivity contribution is 8.19. The first-order chi connectivity index (χ1) is 13.5. The highest BCUT2D eigenvalue weighted by Gasteiger charge is 2.36. The van der Waals surface area contributed by atoms with Crippen LogP contribution in [0.2, 0.25) is 10.0 Å². The minimum Gasteiger partial charge on any atom is -0.268 e. The molecule has 0 saturated carbocycles. The van der Waals surface area contributed by atoms with Crippen LogP contribution in [-0.2, 0) is 4.79 Å². The van der Waals surface area contributed by atoms with Crippen molar-refractivity contribution in [1.82, 2.24) is 0 Å². The minimum absolute atomic E-state index is 0.314. The maximum atomic E-state index is 12.7. The van der Waals surface area contributed by atoms with Gasteiger partial charge >= 0.3 is 0 Å². The zero-order valence-corrected chi connectivity index (χ0v) is 18.1. The number of imide groups is 1. The predicted octanol–water partition coefficient (Wildman–Crippen LogP) is 7.45. The molecule has 2 aromatic carbocycles. The molecule has 0 aliphatic carbocycles. The van der Waals surface area contributed by atoms with Gasteiger partial charge in [0.2, 0.25) is 0 Å². The Labute approximate surface area is 184 Å². The summed E-state index contributed by atoms with van der Waals surface area (Å²) in [4.78, 5) is 28.6. The largest absolute Gasteiger partial charge is 0.298 e. The van der Waals surface area contributed by atoms with E-state index in [1.165, 1.54) is 4.90 Å². The fourth-order valence-electron chi connectivity index (χ4n) is 2.50. The lowest BCUT2D eigenvalue weighted by molar-refractivity contribution is -0.113. The molecular weight excluding hydrogens is 453 g/mol. The summed E-state index contributed by atoms with van der Waals surface area (Å²) >= 11 is 15.9. The molecule has 0 N–H and O–H groups in total. The molecule has 4 rings (SSSR count). The van der Waals surface area contributed by atoms with E-state index in [4.69, 9.17) is 23.2 Å². The van der Waals surface area contributed by atoms with Gasteiger partial charge in [0.25, 0.3) is 11.1 Å². The number of thioether (sulfide) groups is 1. The van der Waals surface area contributed by atoms with E-state index in [0.717, 1.165) is 25.7 Å². The highest BCUT2D eigenvalue weighted by Crippen LogP contribution is 2.39.